The maximum absolute atomic E-state index is 11.6. The van der Waals surface area contributed by atoms with Crippen LogP contribution in [0.5, 0.6) is 0 Å². The van der Waals surface area contributed by atoms with Gasteiger partial charge in [0, 0.05) is 31.4 Å². The second-order valence-electron chi connectivity index (χ2n) is 5.93. The predicted molar refractivity (Wildman–Crippen MR) is 92.7 cm³/mol. The van der Waals surface area contributed by atoms with Crippen LogP contribution in [0.3, 0.4) is 0 Å². The van der Waals surface area contributed by atoms with Gasteiger partial charge in [-0.2, -0.15) is 0 Å². The zero-order chi connectivity index (χ0) is 20.6. The average Bonchev–Trinajstić information content (AvgIpc) is 2.57. The number of carbonyl (C=O) groups excluding carboxylic acids is 3. The molecule has 1 rings (SSSR count). The molecule has 1 aliphatic rings. The van der Waals surface area contributed by atoms with Crippen LogP contribution in [0.2, 0.25) is 0 Å². The molecule has 1 fully saturated rings. The van der Waals surface area contributed by atoms with Gasteiger partial charge in [0.15, 0.2) is 18.4 Å². The molecular formula is C16H24N4O7. The highest BCUT2D eigenvalue weighted by molar-refractivity contribution is 5.81. The van der Waals surface area contributed by atoms with Crippen LogP contribution < -0.4 is 0 Å². The number of hydrogen-bond donors (Lipinski definition) is 0. The minimum Gasteiger partial charge on any atom is -0.463 e. The molecule has 0 aromatic rings. The summed E-state index contributed by atoms with van der Waals surface area (Å²) in [6.45, 7) is 6.92. The molecule has 0 unspecified atom stereocenters. The zero-order valence-electron chi connectivity index (χ0n) is 15.9. The van der Waals surface area contributed by atoms with E-state index in [1.165, 1.54) is 20.8 Å². The minimum absolute atomic E-state index is 0.286. The molecular weight excluding hydrogens is 360 g/mol. The van der Waals surface area contributed by atoms with E-state index in [0.29, 0.717) is 12.1 Å². The van der Waals surface area contributed by atoms with E-state index in [2.05, 4.69) is 15.0 Å². The number of aliphatic imine (C=N–C) groups is 1. The van der Waals surface area contributed by atoms with E-state index in [-0.39, 0.29) is 6.61 Å². The highest BCUT2D eigenvalue weighted by Gasteiger charge is 2.50. The Kier molecular flexibility index (Phi) is 8.70. The van der Waals surface area contributed by atoms with Gasteiger partial charge in [0.25, 0.3) is 0 Å². The molecule has 150 valence electrons. The number of rotatable bonds is 7. The van der Waals surface area contributed by atoms with Gasteiger partial charge in [-0.05, 0) is 18.9 Å². The Morgan fingerprint density at radius 2 is 1.63 bits per heavy atom. The van der Waals surface area contributed by atoms with Crippen molar-refractivity contribution in [3.63, 3.8) is 0 Å². The summed E-state index contributed by atoms with van der Waals surface area (Å²) in [5.74, 6) is -1.86. The first-order valence-electron chi connectivity index (χ1n) is 8.40. The molecule has 0 saturated carbocycles. The first-order valence-corrected chi connectivity index (χ1v) is 8.40. The highest BCUT2D eigenvalue weighted by Crippen LogP contribution is 2.30. The maximum atomic E-state index is 11.6. The zero-order valence-corrected chi connectivity index (χ0v) is 15.9. The van der Waals surface area contributed by atoms with Gasteiger partial charge in [0.1, 0.15) is 18.8 Å². The Morgan fingerprint density at radius 3 is 2.11 bits per heavy atom. The number of ether oxygens (including phenoxy) is 4. The van der Waals surface area contributed by atoms with Crippen LogP contribution in [0, 0.1) is 0 Å². The Balaban J connectivity index is 3.37. The van der Waals surface area contributed by atoms with Crippen molar-refractivity contribution in [1.29, 1.82) is 0 Å². The standard InChI is InChI=1S/C16H24N4O7/c1-6-8(2)18-13-15(26-11(5)23)14(25-10(4)22)12(7-24-9(3)21)27-16(13)19-20-17/h12-16H,6-7H2,1-5H3/t12-,13-,14-,15-,16-/m1/s1. The van der Waals surface area contributed by atoms with Crippen molar-refractivity contribution in [1.82, 2.24) is 0 Å². The molecule has 0 aromatic carbocycles. The van der Waals surface area contributed by atoms with Crippen LogP contribution in [0.15, 0.2) is 10.1 Å². The molecule has 5 atom stereocenters. The summed E-state index contributed by atoms with van der Waals surface area (Å²) in [4.78, 5) is 41.5. The first kappa shape index (κ1) is 22.4. The van der Waals surface area contributed by atoms with Crippen molar-refractivity contribution in [3.8, 4) is 0 Å². The van der Waals surface area contributed by atoms with E-state index in [9.17, 15) is 14.4 Å². The quantitative estimate of drug-likeness (QED) is 0.162. The fourth-order valence-electron chi connectivity index (χ4n) is 2.53. The van der Waals surface area contributed by atoms with E-state index >= 15 is 0 Å². The Labute approximate surface area is 156 Å². The van der Waals surface area contributed by atoms with Crippen LogP contribution >= 0.6 is 0 Å². The van der Waals surface area contributed by atoms with Gasteiger partial charge in [-0.25, -0.2) is 0 Å². The Bertz CT molecular complexity index is 645. The topological polar surface area (TPSA) is 149 Å². The summed E-state index contributed by atoms with van der Waals surface area (Å²) >= 11 is 0. The van der Waals surface area contributed by atoms with E-state index in [1.807, 2.05) is 6.92 Å². The summed E-state index contributed by atoms with van der Waals surface area (Å²) in [6.07, 6.45) is -3.74. The molecule has 0 aromatic heterocycles. The lowest BCUT2D eigenvalue weighted by molar-refractivity contribution is -0.219. The van der Waals surface area contributed by atoms with Crippen LogP contribution in [-0.2, 0) is 33.3 Å². The van der Waals surface area contributed by atoms with Gasteiger partial charge in [0.05, 0.1) is 0 Å². The normalized spacial score (nSPS) is 27.9. The van der Waals surface area contributed by atoms with Crippen molar-refractivity contribution < 1.29 is 33.3 Å². The molecule has 0 bridgehead atoms. The largest absolute Gasteiger partial charge is 0.463 e. The lowest BCUT2D eigenvalue weighted by Gasteiger charge is -2.42. The SMILES string of the molecule is CCC(C)=N[C@@H]1[C@@H](OC(C)=O)[C@H](OC(C)=O)[C@@H](COC(C)=O)O[C@H]1N=[N+]=[N-]. The maximum Gasteiger partial charge on any atom is 0.303 e. The lowest BCUT2D eigenvalue weighted by Crippen LogP contribution is -2.60. The number of esters is 3. The molecule has 1 heterocycles. The summed E-state index contributed by atoms with van der Waals surface area (Å²) in [5, 5.41) is 3.58. The van der Waals surface area contributed by atoms with Gasteiger partial charge in [-0.1, -0.05) is 12.0 Å². The lowest BCUT2D eigenvalue weighted by atomic mass is 9.95. The fourth-order valence-corrected chi connectivity index (χ4v) is 2.53. The smallest absolute Gasteiger partial charge is 0.303 e. The molecule has 11 nitrogen and oxygen atoms in total. The molecule has 1 aliphatic heterocycles. The van der Waals surface area contributed by atoms with Gasteiger partial charge < -0.3 is 18.9 Å². The van der Waals surface area contributed by atoms with Crippen LogP contribution in [0.4, 0.5) is 0 Å². The average molecular weight is 384 g/mol. The van der Waals surface area contributed by atoms with E-state index in [1.54, 1.807) is 6.92 Å². The van der Waals surface area contributed by atoms with E-state index < -0.39 is 48.5 Å². The molecule has 1 saturated heterocycles. The third-order valence-electron chi connectivity index (χ3n) is 3.73. The fraction of sp³-hybridized carbons (Fsp3) is 0.750. The van der Waals surface area contributed by atoms with E-state index in [0.717, 1.165) is 0 Å². The summed E-state index contributed by atoms with van der Waals surface area (Å²) < 4.78 is 21.3. The molecule has 0 N–H and O–H groups in total. The van der Waals surface area contributed by atoms with Gasteiger partial charge in [-0.3, -0.25) is 19.4 Å². The molecule has 0 amide bonds. The summed E-state index contributed by atoms with van der Waals surface area (Å²) in [7, 11) is 0. The van der Waals surface area contributed by atoms with Gasteiger partial charge >= 0.3 is 17.9 Å². The minimum atomic E-state index is -1.15. The van der Waals surface area contributed by atoms with Crippen molar-refractivity contribution in [2.24, 2.45) is 10.1 Å². The van der Waals surface area contributed by atoms with Crippen LogP contribution in [0.1, 0.15) is 41.0 Å². The van der Waals surface area contributed by atoms with Crippen molar-refractivity contribution >= 4 is 23.6 Å². The second kappa shape index (κ2) is 10.5. The predicted octanol–water partition coefficient (Wildman–Crippen LogP) is 1.69. The monoisotopic (exact) mass is 384 g/mol. The summed E-state index contributed by atoms with van der Waals surface area (Å²) in [6, 6.07) is -0.928. The Hall–Kier alpha value is -2.65. The van der Waals surface area contributed by atoms with Crippen molar-refractivity contribution in [2.45, 2.75) is 71.6 Å². The molecule has 27 heavy (non-hydrogen) atoms. The third kappa shape index (κ3) is 6.87. The summed E-state index contributed by atoms with van der Waals surface area (Å²) in [5.41, 5.74) is 9.56. The second-order valence-corrected chi connectivity index (χ2v) is 5.93. The van der Waals surface area contributed by atoms with Crippen molar-refractivity contribution in [2.75, 3.05) is 6.61 Å². The highest BCUT2D eigenvalue weighted by atomic mass is 16.6. The molecule has 0 aliphatic carbocycles. The van der Waals surface area contributed by atoms with E-state index in [4.69, 9.17) is 24.5 Å². The number of carbonyl (C=O) groups is 3. The van der Waals surface area contributed by atoms with Crippen molar-refractivity contribution in [3.05, 3.63) is 10.4 Å². The number of nitrogens with zero attached hydrogens (tertiary/aromatic N) is 4. The van der Waals surface area contributed by atoms with Gasteiger partial charge in [0.2, 0.25) is 0 Å². The van der Waals surface area contributed by atoms with Gasteiger partial charge in [-0.15, -0.1) is 0 Å². The Morgan fingerprint density at radius 1 is 1.04 bits per heavy atom. The molecule has 0 radical (unpaired) electrons. The van der Waals surface area contributed by atoms with Crippen LogP contribution in [-0.4, -0.2) is 60.8 Å². The van der Waals surface area contributed by atoms with Crippen LogP contribution in [0.25, 0.3) is 10.4 Å². The molecule has 0 spiro atoms. The third-order valence-corrected chi connectivity index (χ3v) is 3.73. The first-order chi connectivity index (χ1) is 12.7. The number of azide groups is 1. The molecule has 11 heteroatoms. The number of hydrogen-bond acceptors (Lipinski definition) is 9.